The molecule has 0 radical (unpaired) electrons. The minimum Gasteiger partial charge on any atom is -0.497 e. The smallest absolute Gasteiger partial charge is 0.264 e. The van der Waals surface area contributed by atoms with Gasteiger partial charge in [-0.15, -0.1) is 0 Å². The Labute approximate surface area is 223 Å². The van der Waals surface area contributed by atoms with Crippen molar-refractivity contribution < 1.29 is 14.3 Å². The van der Waals surface area contributed by atoms with E-state index in [2.05, 4.69) is 5.32 Å². The molecule has 1 unspecified atom stereocenters. The van der Waals surface area contributed by atoms with Crippen molar-refractivity contribution in [1.82, 2.24) is 5.32 Å². The number of hydrogen-bond donors (Lipinski definition) is 1. The summed E-state index contributed by atoms with van der Waals surface area (Å²) in [6.07, 6.45) is 0.306. The van der Waals surface area contributed by atoms with E-state index < -0.39 is 11.2 Å². The van der Waals surface area contributed by atoms with Gasteiger partial charge in [0.25, 0.3) is 5.91 Å². The molecule has 3 aromatic carbocycles. The predicted octanol–water partition coefficient (Wildman–Crippen LogP) is 5.74. The van der Waals surface area contributed by atoms with Crippen LogP contribution in [0.3, 0.4) is 0 Å². The molecule has 1 aliphatic heterocycles. The summed E-state index contributed by atoms with van der Waals surface area (Å²) in [4.78, 5) is 28.1. The first-order valence-corrected chi connectivity index (χ1v) is 12.6. The molecule has 1 heterocycles. The molecule has 3 aromatic rings. The summed E-state index contributed by atoms with van der Waals surface area (Å²) < 4.78 is 5.23. The lowest BCUT2D eigenvalue weighted by Crippen LogP contribution is -2.32. The van der Waals surface area contributed by atoms with E-state index in [-0.39, 0.29) is 23.1 Å². The van der Waals surface area contributed by atoms with Crippen molar-refractivity contribution in [2.24, 2.45) is 0 Å². The third kappa shape index (κ3) is 5.68. The summed E-state index contributed by atoms with van der Waals surface area (Å²) in [5, 5.41) is 13.4. The van der Waals surface area contributed by atoms with Crippen molar-refractivity contribution in [3.05, 3.63) is 105 Å². The summed E-state index contributed by atoms with van der Waals surface area (Å²) in [5.74, 6) is -0.190. The van der Waals surface area contributed by atoms with E-state index in [0.717, 1.165) is 11.1 Å². The zero-order chi connectivity index (χ0) is 25.7. The largest absolute Gasteiger partial charge is 0.497 e. The van der Waals surface area contributed by atoms with Gasteiger partial charge in [-0.25, -0.2) is 0 Å². The lowest BCUT2D eigenvalue weighted by atomic mass is 10.1. The number of benzene rings is 3. The summed E-state index contributed by atoms with van der Waals surface area (Å²) >= 11 is 13.5. The second-order valence-electron chi connectivity index (χ2n) is 7.88. The van der Waals surface area contributed by atoms with E-state index >= 15 is 0 Å². The highest BCUT2D eigenvalue weighted by Crippen LogP contribution is 2.42. The average Bonchev–Trinajstić information content (AvgIpc) is 3.20. The Kier molecular flexibility index (Phi) is 8.21. The number of carbonyl (C=O) groups excluding carboxylic acids is 2. The van der Waals surface area contributed by atoms with Crippen LogP contribution in [0.4, 0.5) is 5.69 Å². The van der Waals surface area contributed by atoms with Crippen molar-refractivity contribution in [3.63, 3.8) is 0 Å². The molecule has 1 saturated heterocycles. The Morgan fingerprint density at radius 1 is 1.11 bits per heavy atom. The first-order valence-electron chi connectivity index (χ1n) is 11.0. The molecule has 0 spiro atoms. The van der Waals surface area contributed by atoms with Crippen LogP contribution in [-0.4, -0.2) is 24.2 Å². The van der Waals surface area contributed by atoms with Gasteiger partial charge in [0.2, 0.25) is 5.91 Å². The number of ether oxygens (including phenoxy) is 1. The van der Waals surface area contributed by atoms with E-state index in [0.29, 0.717) is 27.9 Å². The van der Waals surface area contributed by atoms with Crippen LogP contribution >= 0.6 is 35.0 Å². The van der Waals surface area contributed by atoms with Gasteiger partial charge < -0.3 is 10.1 Å². The van der Waals surface area contributed by atoms with Crippen molar-refractivity contribution in [3.8, 4) is 11.8 Å². The number of hydrogen-bond acceptors (Lipinski definition) is 5. The molecule has 0 aliphatic carbocycles. The SMILES string of the molecule is COc1ccc(N2C(=O)C(Cc3ccc(Cl)cc3Cl)S/C2=C(/C#N)C(=O)NCc2ccccc2)cc1. The van der Waals surface area contributed by atoms with Crippen LogP contribution in [0, 0.1) is 11.3 Å². The minimum absolute atomic E-state index is 0.134. The first-order chi connectivity index (χ1) is 17.4. The van der Waals surface area contributed by atoms with Crippen LogP contribution in [0.1, 0.15) is 11.1 Å². The fourth-order valence-corrected chi connectivity index (χ4v) is 5.49. The monoisotopic (exact) mass is 537 g/mol. The molecule has 1 N–H and O–H groups in total. The van der Waals surface area contributed by atoms with E-state index in [1.54, 1.807) is 49.6 Å². The van der Waals surface area contributed by atoms with Gasteiger partial charge >= 0.3 is 0 Å². The van der Waals surface area contributed by atoms with Gasteiger partial charge in [-0.2, -0.15) is 5.26 Å². The molecular formula is C27H21Cl2N3O3S. The third-order valence-electron chi connectivity index (χ3n) is 5.55. The van der Waals surface area contributed by atoms with E-state index in [4.69, 9.17) is 27.9 Å². The zero-order valence-corrected chi connectivity index (χ0v) is 21.5. The quantitative estimate of drug-likeness (QED) is 0.306. The van der Waals surface area contributed by atoms with Crippen molar-refractivity contribution >= 4 is 52.5 Å². The number of amides is 2. The number of nitrogens with one attached hydrogen (secondary N) is 1. The van der Waals surface area contributed by atoms with E-state index in [9.17, 15) is 14.9 Å². The van der Waals surface area contributed by atoms with Crippen LogP contribution in [0.15, 0.2) is 83.4 Å². The molecule has 1 aliphatic rings. The average molecular weight is 538 g/mol. The van der Waals surface area contributed by atoms with Gasteiger partial charge in [0.05, 0.1) is 12.4 Å². The second kappa shape index (κ2) is 11.5. The maximum absolute atomic E-state index is 13.6. The molecule has 1 fully saturated rings. The van der Waals surface area contributed by atoms with Gasteiger partial charge in [-0.1, -0.05) is 71.4 Å². The number of thioether (sulfide) groups is 1. The molecule has 0 saturated carbocycles. The summed E-state index contributed by atoms with van der Waals surface area (Å²) in [7, 11) is 1.55. The third-order valence-corrected chi connectivity index (χ3v) is 7.40. The second-order valence-corrected chi connectivity index (χ2v) is 9.91. The highest BCUT2D eigenvalue weighted by Gasteiger charge is 2.41. The highest BCUT2D eigenvalue weighted by atomic mass is 35.5. The molecule has 9 heteroatoms. The molecule has 2 amide bonds. The number of halogens is 2. The number of nitriles is 1. The summed E-state index contributed by atoms with van der Waals surface area (Å²) in [6, 6.07) is 23.4. The van der Waals surface area contributed by atoms with E-state index in [1.165, 1.54) is 16.7 Å². The highest BCUT2D eigenvalue weighted by molar-refractivity contribution is 8.05. The van der Waals surface area contributed by atoms with Crippen molar-refractivity contribution in [1.29, 1.82) is 5.26 Å². The Bertz CT molecular complexity index is 1350. The van der Waals surface area contributed by atoms with Crippen LogP contribution in [0.5, 0.6) is 5.75 Å². The molecule has 4 rings (SSSR count). The molecule has 6 nitrogen and oxygen atoms in total. The summed E-state index contributed by atoms with van der Waals surface area (Å²) in [6.45, 7) is 0.253. The fourth-order valence-electron chi connectivity index (χ4n) is 3.71. The predicted molar refractivity (Wildman–Crippen MR) is 143 cm³/mol. The lowest BCUT2D eigenvalue weighted by Gasteiger charge is -2.19. The summed E-state index contributed by atoms with van der Waals surface area (Å²) in [5.41, 5.74) is 2.03. The Morgan fingerprint density at radius 3 is 2.47 bits per heavy atom. The maximum Gasteiger partial charge on any atom is 0.264 e. The van der Waals surface area contributed by atoms with Gasteiger partial charge in [-0.3, -0.25) is 14.5 Å². The minimum atomic E-state index is -0.592. The molecule has 182 valence electrons. The number of rotatable bonds is 7. The van der Waals surface area contributed by atoms with Gasteiger partial charge in [-0.05, 0) is 53.9 Å². The number of anilines is 1. The Balaban J connectivity index is 1.68. The molecule has 36 heavy (non-hydrogen) atoms. The van der Waals surface area contributed by atoms with Crippen LogP contribution in [0.25, 0.3) is 0 Å². The lowest BCUT2D eigenvalue weighted by molar-refractivity contribution is -0.117. The van der Waals surface area contributed by atoms with Crippen LogP contribution in [-0.2, 0) is 22.6 Å². The Hall–Kier alpha value is -3.44. The zero-order valence-electron chi connectivity index (χ0n) is 19.2. The van der Waals surface area contributed by atoms with Crippen LogP contribution < -0.4 is 15.0 Å². The van der Waals surface area contributed by atoms with Gasteiger partial charge in [0, 0.05) is 22.3 Å². The van der Waals surface area contributed by atoms with Crippen molar-refractivity contribution in [2.75, 3.05) is 12.0 Å². The first kappa shape index (κ1) is 25.6. The number of nitrogens with zero attached hydrogens (tertiary/aromatic N) is 2. The van der Waals surface area contributed by atoms with Crippen molar-refractivity contribution in [2.45, 2.75) is 18.2 Å². The standard InChI is InChI=1S/C27H21Cl2N3O3S/c1-35-21-11-9-20(10-12-21)32-26(34)24(13-18-7-8-19(28)14-23(18)29)36-27(32)22(15-30)25(33)31-16-17-5-3-2-4-6-17/h2-12,14,24H,13,16H2,1H3,(H,31,33)/b27-22-. The molecule has 0 aromatic heterocycles. The van der Waals surface area contributed by atoms with Crippen LogP contribution in [0.2, 0.25) is 10.0 Å². The molecular weight excluding hydrogens is 517 g/mol. The van der Waals surface area contributed by atoms with Gasteiger partial charge in [0.15, 0.2) is 0 Å². The number of methoxy groups -OCH3 is 1. The maximum atomic E-state index is 13.6. The normalized spacial score (nSPS) is 16.4. The van der Waals surface area contributed by atoms with E-state index in [1.807, 2.05) is 36.4 Å². The van der Waals surface area contributed by atoms with Gasteiger partial charge in [0.1, 0.15) is 22.4 Å². The number of carbonyl (C=O) groups is 2. The topological polar surface area (TPSA) is 82.4 Å². The molecule has 0 bridgehead atoms. The Morgan fingerprint density at radius 2 is 1.83 bits per heavy atom. The molecule has 1 atom stereocenters. The fraction of sp³-hybridized carbons (Fsp3) is 0.148.